The molecule has 2 heterocycles. The fraction of sp³-hybridized carbons (Fsp3) is 0.250. The summed E-state index contributed by atoms with van der Waals surface area (Å²) in [5.41, 5.74) is 3.46. The maximum Gasteiger partial charge on any atom is 0.184 e. The summed E-state index contributed by atoms with van der Waals surface area (Å²) in [6.07, 6.45) is 4.58. The van der Waals surface area contributed by atoms with Gasteiger partial charge in [-0.25, -0.2) is 4.98 Å². The van der Waals surface area contributed by atoms with Gasteiger partial charge in [0, 0.05) is 12.7 Å². The first-order chi connectivity index (χ1) is 10.3. The number of nitrogens with one attached hydrogen (secondary N) is 1. The van der Waals surface area contributed by atoms with E-state index in [9.17, 15) is 0 Å². The van der Waals surface area contributed by atoms with Crippen molar-refractivity contribution < 1.29 is 4.74 Å². The van der Waals surface area contributed by atoms with Crippen LogP contribution in [0.3, 0.4) is 0 Å². The summed E-state index contributed by atoms with van der Waals surface area (Å²) >= 11 is 1.68. The fourth-order valence-corrected chi connectivity index (χ4v) is 3.04. The summed E-state index contributed by atoms with van der Waals surface area (Å²) in [5.74, 6) is 0.770. The van der Waals surface area contributed by atoms with Crippen molar-refractivity contribution in [2.75, 3.05) is 12.4 Å². The molecule has 5 heteroatoms. The van der Waals surface area contributed by atoms with Gasteiger partial charge in [0.2, 0.25) is 0 Å². The molecule has 0 unspecified atom stereocenters. The van der Waals surface area contributed by atoms with Crippen molar-refractivity contribution in [1.29, 1.82) is 0 Å². The lowest BCUT2D eigenvalue weighted by molar-refractivity contribution is 0.412. The highest BCUT2D eigenvalue weighted by molar-refractivity contribution is 7.22. The molecule has 1 N–H and O–H groups in total. The van der Waals surface area contributed by atoms with Gasteiger partial charge < -0.3 is 10.1 Å². The van der Waals surface area contributed by atoms with Gasteiger partial charge in [-0.05, 0) is 35.7 Å². The Bertz CT molecular complexity index is 754. The zero-order chi connectivity index (χ0) is 14.7. The van der Waals surface area contributed by atoms with Gasteiger partial charge in [0.15, 0.2) is 5.13 Å². The van der Waals surface area contributed by atoms with Gasteiger partial charge in [0.05, 0.1) is 23.5 Å². The molecule has 3 rings (SSSR count). The average molecular weight is 299 g/mol. The van der Waals surface area contributed by atoms with Crippen LogP contribution >= 0.6 is 11.3 Å². The van der Waals surface area contributed by atoms with Crippen LogP contribution < -0.4 is 10.1 Å². The Kier molecular flexibility index (Phi) is 4.01. The number of nitrogens with zero attached hydrogens (tertiary/aromatic N) is 2. The van der Waals surface area contributed by atoms with Crippen LogP contribution in [0.2, 0.25) is 0 Å². The summed E-state index contributed by atoms with van der Waals surface area (Å²) in [4.78, 5) is 8.75. The summed E-state index contributed by atoms with van der Waals surface area (Å²) in [6, 6.07) is 8.41. The third-order valence-electron chi connectivity index (χ3n) is 3.31. The van der Waals surface area contributed by atoms with Crippen molar-refractivity contribution in [2.24, 2.45) is 0 Å². The molecule has 4 nitrogen and oxygen atoms in total. The van der Waals surface area contributed by atoms with Crippen LogP contribution in [0, 0.1) is 0 Å². The van der Waals surface area contributed by atoms with Crippen LogP contribution in [0.25, 0.3) is 10.2 Å². The third-order valence-corrected chi connectivity index (χ3v) is 4.29. The molecular weight excluding hydrogens is 282 g/mol. The quantitative estimate of drug-likeness (QED) is 0.777. The van der Waals surface area contributed by atoms with Gasteiger partial charge in [-0.15, -0.1) is 0 Å². The molecular formula is C16H17N3OS. The maximum atomic E-state index is 5.18. The fourth-order valence-electron chi connectivity index (χ4n) is 2.11. The Balaban J connectivity index is 1.75. The number of ether oxygens (including phenoxy) is 1. The second-order valence-electron chi connectivity index (χ2n) is 4.76. The predicted octanol–water partition coefficient (Wildman–Crippen LogP) is 3.87. The van der Waals surface area contributed by atoms with Gasteiger partial charge in [0.1, 0.15) is 5.75 Å². The van der Waals surface area contributed by atoms with Gasteiger partial charge >= 0.3 is 0 Å². The Morgan fingerprint density at radius 1 is 1.19 bits per heavy atom. The van der Waals surface area contributed by atoms with E-state index in [0.717, 1.165) is 28.4 Å². The molecule has 0 aliphatic rings. The lowest BCUT2D eigenvalue weighted by Gasteiger charge is -2.04. The Labute approximate surface area is 127 Å². The normalized spacial score (nSPS) is 10.8. The van der Waals surface area contributed by atoms with Crippen molar-refractivity contribution in [3.63, 3.8) is 0 Å². The van der Waals surface area contributed by atoms with Gasteiger partial charge in [-0.1, -0.05) is 24.3 Å². The zero-order valence-electron chi connectivity index (χ0n) is 12.1. The molecule has 0 fully saturated rings. The molecule has 0 saturated carbocycles. The van der Waals surface area contributed by atoms with E-state index in [-0.39, 0.29) is 0 Å². The van der Waals surface area contributed by atoms with Gasteiger partial charge in [-0.3, -0.25) is 4.98 Å². The Hall–Kier alpha value is -2.14. The lowest BCUT2D eigenvalue weighted by Crippen LogP contribution is -1.99. The molecule has 0 aliphatic heterocycles. The summed E-state index contributed by atoms with van der Waals surface area (Å²) in [6.45, 7) is 2.85. The number of anilines is 1. The molecule has 0 bridgehead atoms. The Morgan fingerprint density at radius 2 is 2.10 bits per heavy atom. The minimum atomic E-state index is 0.685. The van der Waals surface area contributed by atoms with Crippen LogP contribution in [0.15, 0.2) is 36.7 Å². The van der Waals surface area contributed by atoms with E-state index in [1.807, 2.05) is 12.3 Å². The first-order valence-electron chi connectivity index (χ1n) is 6.89. The summed E-state index contributed by atoms with van der Waals surface area (Å²) in [7, 11) is 1.65. The Morgan fingerprint density at radius 3 is 2.90 bits per heavy atom. The largest absolute Gasteiger partial charge is 0.495 e. The molecule has 0 spiro atoms. The molecule has 0 radical (unpaired) electrons. The smallest absolute Gasteiger partial charge is 0.184 e. The van der Waals surface area contributed by atoms with Crippen LogP contribution in [-0.2, 0) is 13.0 Å². The number of pyridine rings is 1. The molecule has 0 aliphatic carbocycles. The molecule has 2 aromatic heterocycles. The van der Waals surface area contributed by atoms with E-state index in [1.54, 1.807) is 24.6 Å². The van der Waals surface area contributed by atoms with Crippen LogP contribution in [-0.4, -0.2) is 17.1 Å². The molecule has 0 amide bonds. The molecule has 0 atom stereocenters. The average Bonchev–Trinajstić information content (AvgIpc) is 2.95. The van der Waals surface area contributed by atoms with E-state index < -0.39 is 0 Å². The summed E-state index contributed by atoms with van der Waals surface area (Å²) in [5, 5.41) is 4.28. The van der Waals surface area contributed by atoms with Crippen molar-refractivity contribution >= 4 is 26.7 Å². The minimum Gasteiger partial charge on any atom is -0.495 e. The second-order valence-corrected chi connectivity index (χ2v) is 5.79. The molecule has 0 saturated heterocycles. The molecule has 3 aromatic rings. The number of fused-ring (bicyclic) bond motifs is 1. The van der Waals surface area contributed by atoms with Gasteiger partial charge in [0.25, 0.3) is 0 Å². The van der Waals surface area contributed by atoms with Crippen LogP contribution in [0.5, 0.6) is 5.75 Å². The number of thiazole rings is 1. The van der Waals surface area contributed by atoms with E-state index in [2.05, 4.69) is 40.4 Å². The van der Waals surface area contributed by atoms with Crippen LogP contribution in [0.4, 0.5) is 5.13 Å². The molecule has 108 valence electrons. The van der Waals surface area contributed by atoms with Crippen LogP contribution in [0.1, 0.15) is 18.1 Å². The maximum absolute atomic E-state index is 5.18. The second kappa shape index (κ2) is 6.10. The van der Waals surface area contributed by atoms with Crippen molar-refractivity contribution in [3.8, 4) is 5.75 Å². The number of rotatable bonds is 5. The number of aryl methyl sites for hydroxylation is 1. The standard InChI is InChI=1S/C16H17N3OS/c1-3-11-4-5-14-15(7-11)21-16(19-14)18-9-12-6-13(20-2)10-17-8-12/h4-8,10H,3,9H2,1-2H3,(H,18,19). The number of benzene rings is 1. The van der Waals surface area contributed by atoms with E-state index >= 15 is 0 Å². The minimum absolute atomic E-state index is 0.685. The topological polar surface area (TPSA) is 47.0 Å². The summed E-state index contributed by atoms with van der Waals surface area (Å²) < 4.78 is 6.40. The van der Waals surface area contributed by atoms with Crippen molar-refractivity contribution in [3.05, 3.63) is 47.8 Å². The third kappa shape index (κ3) is 3.13. The highest BCUT2D eigenvalue weighted by Crippen LogP contribution is 2.27. The molecule has 21 heavy (non-hydrogen) atoms. The highest BCUT2D eigenvalue weighted by atomic mass is 32.1. The number of methoxy groups -OCH3 is 1. The monoisotopic (exact) mass is 299 g/mol. The van der Waals surface area contributed by atoms with E-state index in [0.29, 0.717) is 6.54 Å². The lowest BCUT2D eigenvalue weighted by atomic mass is 10.2. The number of hydrogen-bond donors (Lipinski definition) is 1. The SMILES string of the molecule is CCc1ccc2nc(NCc3cncc(OC)c3)sc2c1. The van der Waals surface area contributed by atoms with E-state index in [4.69, 9.17) is 4.74 Å². The first-order valence-corrected chi connectivity index (χ1v) is 7.71. The predicted molar refractivity (Wildman–Crippen MR) is 87.1 cm³/mol. The van der Waals surface area contributed by atoms with Gasteiger partial charge in [-0.2, -0.15) is 0 Å². The highest BCUT2D eigenvalue weighted by Gasteiger charge is 2.05. The van der Waals surface area contributed by atoms with E-state index in [1.165, 1.54) is 10.3 Å². The van der Waals surface area contributed by atoms with Crippen molar-refractivity contribution in [1.82, 2.24) is 9.97 Å². The number of hydrogen-bond acceptors (Lipinski definition) is 5. The zero-order valence-corrected chi connectivity index (χ0v) is 12.9. The first kappa shape index (κ1) is 13.8. The van der Waals surface area contributed by atoms with Crippen molar-refractivity contribution in [2.45, 2.75) is 19.9 Å². The number of aromatic nitrogens is 2. The molecule has 1 aromatic carbocycles.